The second kappa shape index (κ2) is 15.9. The third-order valence-corrected chi connectivity index (χ3v) is 0. The average Bonchev–Trinajstić information content (AvgIpc) is 0. The molecule has 0 radical (unpaired) electrons. The molecule has 0 aliphatic carbocycles. The van der Waals surface area contributed by atoms with Gasteiger partial charge in [0.2, 0.25) is 0 Å². The van der Waals surface area contributed by atoms with Crippen molar-refractivity contribution in [3.05, 3.63) is 0 Å². The van der Waals surface area contributed by atoms with Crippen LogP contribution < -0.4 is 0 Å². The molecule has 0 aliphatic rings. The zero-order valence-corrected chi connectivity index (χ0v) is 2.45. The van der Waals surface area contributed by atoms with Crippen LogP contribution in [0.1, 0.15) is 0 Å². The molecule has 0 saturated heterocycles. The zero-order valence-electron chi connectivity index (χ0n) is 0.816. The summed E-state index contributed by atoms with van der Waals surface area (Å²) in [4.78, 5) is 0. The van der Waals surface area contributed by atoms with E-state index in [4.69, 9.17) is 0 Å². The van der Waals surface area contributed by atoms with E-state index in [0.29, 0.717) is 0 Å². The van der Waals surface area contributed by atoms with Crippen molar-refractivity contribution in [1.29, 1.82) is 0 Å². The standard InChI is InChI=1S/2Ba.2ClH.4H/h;;2*1H;;;;. The van der Waals surface area contributed by atoms with Crippen molar-refractivity contribution in [3.8, 4) is 0 Å². The van der Waals surface area contributed by atoms with Gasteiger partial charge in [-0.2, -0.15) is 0 Å². The van der Waals surface area contributed by atoms with Crippen LogP contribution >= 0.6 is 24.8 Å². The first-order valence-corrected chi connectivity index (χ1v) is 0. The van der Waals surface area contributed by atoms with Crippen molar-refractivity contribution < 1.29 is 0 Å². The molecule has 0 amide bonds. The van der Waals surface area contributed by atoms with Gasteiger partial charge in [0.05, 0.1) is 0 Å². The molecule has 4 heteroatoms. The second-order valence-electron chi connectivity index (χ2n) is 0. The van der Waals surface area contributed by atoms with Gasteiger partial charge in [-0.3, -0.25) is 0 Å². The fourth-order valence-electron chi connectivity index (χ4n) is 0. The third kappa shape index (κ3) is 9.21. The Labute approximate surface area is 119 Å². The van der Waals surface area contributed by atoms with Gasteiger partial charge in [-0.15, -0.1) is 24.8 Å². The number of hydrogen-bond donors (Lipinski definition) is 0. The molecule has 0 nitrogen and oxygen atoms in total. The van der Waals surface area contributed by atoms with Crippen LogP contribution in [0.5, 0.6) is 0 Å². The van der Waals surface area contributed by atoms with Crippen molar-refractivity contribution >= 4 is 123 Å². The molecule has 0 rings (SSSR count). The summed E-state index contributed by atoms with van der Waals surface area (Å²) in [6.07, 6.45) is 0. The summed E-state index contributed by atoms with van der Waals surface area (Å²) < 4.78 is 0. The molecule has 0 bridgehead atoms. The maximum absolute atomic E-state index is 0. The maximum atomic E-state index is 0. The fourth-order valence-corrected chi connectivity index (χ4v) is 0. The monoisotopic (exact) mass is 352 g/mol. The minimum absolute atomic E-state index is 0. The van der Waals surface area contributed by atoms with Crippen LogP contribution in [-0.2, 0) is 0 Å². The Bertz CT molecular complexity index is 4.00. The van der Waals surface area contributed by atoms with Crippen LogP contribution in [0.15, 0.2) is 0 Å². The van der Waals surface area contributed by atoms with Crippen LogP contribution in [-0.4, -0.2) is 97.8 Å². The van der Waals surface area contributed by atoms with Crippen molar-refractivity contribution in [2.24, 2.45) is 0 Å². The van der Waals surface area contributed by atoms with Crippen LogP contribution in [0.4, 0.5) is 0 Å². The predicted molar refractivity (Wildman–Crippen MR) is 31.6 cm³/mol. The van der Waals surface area contributed by atoms with Crippen LogP contribution in [0.3, 0.4) is 0 Å². The molecule has 0 aliphatic heterocycles. The Morgan fingerprint density at radius 2 is 0.500 bits per heavy atom. The van der Waals surface area contributed by atoms with E-state index in [1.807, 2.05) is 0 Å². The minimum atomic E-state index is 0. The summed E-state index contributed by atoms with van der Waals surface area (Å²) in [5.74, 6) is 0. The van der Waals surface area contributed by atoms with Crippen molar-refractivity contribution in [1.82, 2.24) is 0 Å². The Kier molecular flexibility index (Phi) is 100. The predicted octanol–water partition coefficient (Wildman–Crippen LogP) is -0.989. The van der Waals surface area contributed by atoms with E-state index in [2.05, 4.69) is 0 Å². The van der Waals surface area contributed by atoms with E-state index in [0.717, 1.165) is 0 Å². The van der Waals surface area contributed by atoms with Crippen molar-refractivity contribution in [2.75, 3.05) is 0 Å². The van der Waals surface area contributed by atoms with Gasteiger partial charge in [-0.1, -0.05) is 0 Å². The Morgan fingerprint density at radius 3 is 0.500 bits per heavy atom. The fraction of sp³-hybridized carbons (Fsp3) is 0. The molecule has 0 N–H and O–H groups in total. The van der Waals surface area contributed by atoms with Gasteiger partial charge < -0.3 is 0 Å². The van der Waals surface area contributed by atoms with Gasteiger partial charge in [-0.25, -0.2) is 0 Å². The molecule has 0 aromatic carbocycles. The van der Waals surface area contributed by atoms with Crippen LogP contribution in [0, 0.1) is 0 Å². The number of rotatable bonds is 0. The zero-order chi connectivity index (χ0) is 0. The molecular weight excluding hydrogens is 346 g/mol. The summed E-state index contributed by atoms with van der Waals surface area (Å²) in [5.41, 5.74) is 0. The Hall–Kier alpha value is 3.72. The van der Waals surface area contributed by atoms with E-state index in [1.54, 1.807) is 0 Å². The van der Waals surface area contributed by atoms with Crippen molar-refractivity contribution in [2.45, 2.75) is 0 Å². The Balaban J connectivity index is 0. The Morgan fingerprint density at radius 1 is 0.500 bits per heavy atom. The van der Waals surface area contributed by atoms with E-state index >= 15 is 0 Å². The summed E-state index contributed by atoms with van der Waals surface area (Å²) in [7, 11) is 0. The van der Waals surface area contributed by atoms with Gasteiger partial charge in [0.25, 0.3) is 0 Å². The molecule has 0 saturated carbocycles. The molecule has 0 unspecified atom stereocenters. The first-order valence-electron chi connectivity index (χ1n) is 0. The molecule has 0 aromatic rings. The average molecular weight is 352 g/mol. The number of hydrogen-bond acceptors (Lipinski definition) is 0. The molecule has 0 atom stereocenters. The molecule has 0 heterocycles. The van der Waals surface area contributed by atoms with Gasteiger partial charge in [0.1, 0.15) is 0 Å². The quantitative estimate of drug-likeness (QED) is 0.492. The van der Waals surface area contributed by atoms with Crippen LogP contribution in [0.25, 0.3) is 0 Å². The molecular formula is H6Ba2Cl2. The topological polar surface area (TPSA) is 0 Å². The first-order chi connectivity index (χ1) is 0. The van der Waals surface area contributed by atoms with Gasteiger partial charge in [-0.05, 0) is 0 Å². The van der Waals surface area contributed by atoms with Gasteiger partial charge in [0, 0.05) is 0 Å². The van der Waals surface area contributed by atoms with Gasteiger partial charge in [0.15, 0.2) is 0 Å². The van der Waals surface area contributed by atoms with E-state index in [9.17, 15) is 0 Å². The van der Waals surface area contributed by atoms with Crippen molar-refractivity contribution in [3.63, 3.8) is 0 Å². The summed E-state index contributed by atoms with van der Waals surface area (Å²) >= 11 is 0. The van der Waals surface area contributed by atoms with E-state index in [1.165, 1.54) is 0 Å². The SMILES string of the molecule is Cl.Cl.[BaH2].[BaH2]. The van der Waals surface area contributed by atoms with Crippen LogP contribution in [0.2, 0.25) is 0 Å². The third-order valence-electron chi connectivity index (χ3n) is 0. The molecule has 0 spiro atoms. The molecule has 0 aromatic heterocycles. The second-order valence-corrected chi connectivity index (χ2v) is 0. The van der Waals surface area contributed by atoms with Gasteiger partial charge >= 0.3 is 97.8 Å². The number of halogens is 2. The van der Waals surface area contributed by atoms with E-state index in [-0.39, 0.29) is 123 Å². The summed E-state index contributed by atoms with van der Waals surface area (Å²) in [6, 6.07) is 0. The summed E-state index contributed by atoms with van der Waals surface area (Å²) in [6.45, 7) is 0. The molecule has 4 heavy (non-hydrogen) atoms. The van der Waals surface area contributed by atoms with E-state index < -0.39 is 0 Å². The molecule has 0 fully saturated rings. The first kappa shape index (κ1) is 25.2. The molecule has 24 valence electrons. The normalized spacial score (nSPS) is 0. The summed E-state index contributed by atoms with van der Waals surface area (Å²) in [5, 5.41) is 0.